The monoisotopic (exact) mass is 399 g/mol. The molecule has 0 saturated heterocycles. The van der Waals surface area contributed by atoms with E-state index < -0.39 is 0 Å². The Hall–Kier alpha value is -1.03. The lowest BCUT2D eigenvalue weighted by Gasteiger charge is -2.20. The minimum atomic E-state index is -0.0576. The van der Waals surface area contributed by atoms with Gasteiger partial charge in [0, 0.05) is 30.9 Å². The quantitative estimate of drug-likeness (QED) is 0.675. The molecule has 2 aromatic carbocycles. The standard InChI is InChI=1S/C17H16BrCl2NO/c1-21(2)17(22)10-14(11-3-6-13(18)7-4-11)12-5-8-15(19)16(20)9-12/h3-9,14H,10H2,1-2H3. The predicted octanol–water partition coefficient (Wildman–Crippen LogP) is 5.37. The summed E-state index contributed by atoms with van der Waals surface area (Å²) in [5.74, 6) is 0.0109. The van der Waals surface area contributed by atoms with E-state index in [0.717, 1.165) is 15.6 Å². The zero-order chi connectivity index (χ0) is 16.3. The zero-order valence-electron chi connectivity index (χ0n) is 12.3. The molecule has 0 bridgehead atoms. The molecule has 1 amide bonds. The summed E-state index contributed by atoms with van der Waals surface area (Å²) in [7, 11) is 3.52. The second-order valence-electron chi connectivity index (χ2n) is 5.27. The summed E-state index contributed by atoms with van der Waals surface area (Å²) in [5.41, 5.74) is 2.05. The average molecular weight is 401 g/mol. The fourth-order valence-corrected chi connectivity index (χ4v) is 2.78. The second-order valence-corrected chi connectivity index (χ2v) is 7.00. The summed E-state index contributed by atoms with van der Waals surface area (Å²) in [6, 6.07) is 13.5. The van der Waals surface area contributed by atoms with Gasteiger partial charge in [-0.25, -0.2) is 0 Å². The van der Waals surface area contributed by atoms with Crippen molar-refractivity contribution in [2.45, 2.75) is 12.3 Å². The van der Waals surface area contributed by atoms with Gasteiger partial charge in [0.1, 0.15) is 0 Å². The van der Waals surface area contributed by atoms with Gasteiger partial charge in [0.2, 0.25) is 5.91 Å². The molecule has 0 spiro atoms. The largest absolute Gasteiger partial charge is 0.349 e. The van der Waals surface area contributed by atoms with Crippen molar-refractivity contribution < 1.29 is 4.79 Å². The molecule has 1 unspecified atom stereocenters. The van der Waals surface area contributed by atoms with Crippen LogP contribution in [-0.4, -0.2) is 24.9 Å². The van der Waals surface area contributed by atoms with Crippen molar-refractivity contribution in [1.29, 1.82) is 0 Å². The van der Waals surface area contributed by atoms with Crippen LogP contribution in [0.3, 0.4) is 0 Å². The Balaban J connectivity index is 2.42. The Morgan fingerprint density at radius 2 is 1.64 bits per heavy atom. The Labute approximate surface area is 149 Å². The number of benzene rings is 2. The molecular weight excluding hydrogens is 385 g/mol. The van der Waals surface area contributed by atoms with E-state index in [-0.39, 0.29) is 11.8 Å². The Kier molecular flexibility index (Phi) is 5.90. The van der Waals surface area contributed by atoms with Gasteiger partial charge in [-0.1, -0.05) is 57.3 Å². The second kappa shape index (κ2) is 7.49. The van der Waals surface area contributed by atoms with Crippen molar-refractivity contribution in [3.05, 3.63) is 68.1 Å². The highest BCUT2D eigenvalue weighted by molar-refractivity contribution is 9.10. The highest BCUT2D eigenvalue weighted by atomic mass is 79.9. The molecule has 0 heterocycles. The third-order valence-electron chi connectivity index (χ3n) is 3.50. The van der Waals surface area contributed by atoms with Gasteiger partial charge in [0.05, 0.1) is 10.0 Å². The maximum Gasteiger partial charge on any atom is 0.223 e. The molecule has 2 aromatic rings. The van der Waals surface area contributed by atoms with Crippen molar-refractivity contribution in [1.82, 2.24) is 4.90 Å². The van der Waals surface area contributed by atoms with E-state index in [1.54, 1.807) is 25.1 Å². The Bertz CT molecular complexity index is 671. The van der Waals surface area contributed by atoms with Gasteiger partial charge in [-0.3, -0.25) is 4.79 Å². The molecule has 0 N–H and O–H groups in total. The van der Waals surface area contributed by atoms with Crippen molar-refractivity contribution in [2.24, 2.45) is 0 Å². The lowest BCUT2D eigenvalue weighted by atomic mass is 9.88. The first-order valence-corrected chi connectivity index (χ1v) is 8.34. The van der Waals surface area contributed by atoms with Gasteiger partial charge in [0.25, 0.3) is 0 Å². The van der Waals surface area contributed by atoms with Gasteiger partial charge in [-0.2, -0.15) is 0 Å². The van der Waals surface area contributed by atoms with Crippen LogP contribution in [0.25, 0.3) is 0 Å². The van der Waals surface area contributed by atoms with Gasteiger partial charge >= 0.3 is 0 Å². The smallest absolute Gasteiger partial charge is 0.223 e. The van der Waals surface area contributed by atoms with Crippen molar-refractivity contribution in [2.75, 3.05) is 14.1 Å². The summed E-state index contributed by atoms with van der Waals surface area (Å²) in [4.78, 5) is 13.8. The fraction of sp³-hybridized carbons (Fsp3) is 0.235. The van der Waals surface area contributed by atoms with E-state index >= 15 is 0 Å². The first kappa shape index (κ1) is 17.3. The molecule has 1 atom stereocenters. The van der Waals surface area contributed by atoms with Gasteiger partial charge < -0.3 is 4.90 Å². The summed E-state index contributed by atoms with van der Waals surface area (Å²) >= 11 is 15.6. The SMILES string of the molecule is CN(C)C(=O)CC(c1ccc(Br)cc1)c1ccc(Cl)c(Cl)c1. The minimum absolute atomic E-state index is 0.0576. The number of amides is 1. The van der Waals surface area contributed by atoms with Gasteiger partial charge in [-0.15, -0.1) is 0 Å². The lowest BCUT2D eigenvalue weighted by molar-refractivity contribution is -0.128. The number of hydrogen-bond acceptors (Lipinski definition) is 1. The van der Waals surface area contributed by atoms with Crippen LogP contribution in [0.4, 0.5) is 0 Å². The summed E-state index contributed by atoms with van der Waals surface area (Å²) in [5, 5.41) is 1.01. The number of rotatable bonds is 4. The van der Waals surface area contributed by atoms with E-state index in [0.29, 0.717) is 16.5 Å². The number of halogens is 3. The molecule has 0 fully saturated rings. The molecule has 22 heavy (non-hydrogen) atoms. The maximum absolute atomic E-state index is 12.2. The van der Waals surface area contributed by atoms with Crippen LogP contribution in [-0.2, 0) is 4.79 Å². The predicted molar refractivity (Wildman–Crippen MR) is 95.8 cm³/mol. The molecule has 116 valence electrons. The molecule has 2 rings (SSSR count). The fourth-order valence-electron chi connectivity index (χ4n) is 2.21. The van der Waals surface area contributed by atoms with E-state index in [1.165, 1.54) is 0 Å². The Morgan fingerprint density at radius 1 is 1.05 bits per heavy atom. The van der Waals surface area contributed by atoms with Crippen LogP contribution in [0.2, 0.25) is 10.0 Å². The van der Waals surface area contributed by atoms with Gasteiger partial charge in [0.15, 0.2) is 0 Å². The number of carbonyl (C=O) groups excluding carboxylic acids is 1. The van der Waals surface area contributed by atoms with E-state index in [1.807, 2.05) is 36.4 Å². The molecule has 0 aromatic heterocycles. The highest BCUT2D eigenvalue weighted by Gasteiger charge is 2.20. The average Bonchev–Trinajstić information content (AvgIpc) is 2.48. The summed E-state index contributed by atoms with van der Waals surface area (Å²) in [6.45, 7) is 0. The van der Waals surface area contributed by atoms with Crippen molar-refractivity contribution >= 4 is 45.0 Å². The molecule has 0 aliphatic rings. The number of nitrogens with zero attached hydrogens (tertiary/aromatic N) is 1. The number of hydrogen-bond donors (Lipinski definition) is 0. The van der Waals surface area contributed by atoms with Crippen molar-refractivity contribution in [3.8, 4) is 0 Å². The van der Waals surface area contributed by atoms with E-state index in [4.69, 9.17) is 23.2 Å². The maximum atomic E-state index is 12.2. The first-order chi connectivity index (χ1) is 10.4. The lowest BCUT2D eigenvalue weighted by Crippen LogP contribution is -2.24. The van der Waals surface area contributed by atoms with Crippen LogP contribution in [0.1, 0.15) is 23.5 Å². The topological polar surface area (TPSA) is 20.3 Å². The molecule has 0 aliphatic carbocycles. The summed E-state index contributed by atoms with van der Waals surface area (Å²) < 4.78 is 1.00. The van der Waals surface area contributed by atoms with E-state index in [9.17, 15) is 4.79 Å². The highest BCUT2D eigenvalue weighted by Crippen LogP contribution is 2.33. The van der Waals surface area contributed by atoms with Gasteiger partial charge in [-0.05, 0) is 35.4 Å². The first-order valence-electron chi connectivity index (χ1n) is 6.79. The summed E-state index contributed by atoms with van der Waals surface area (Å²) in [6.07, 6.45) is 0.382. The van der Waals surface area contributed by atoms with Crippen LogP contribution >= 0.6 is 39.1 Å². The zero-order valence-corrected chi connectivity index (χ0v) is 15.4. The molecule has 5 heteroatoms. The number of carbonyl (C=O) groups is 1. The molecule has 0 radical (unpaired) electrons. The normalized spacial score (nSPS) is 12.0. The molecule has 0 saturated carbocycles. The van der Waals surface area contributed by atoms with Crippen LogP contribution in [0.15, 0.2) is 46.9 Å². The third-order valence-corrected chi connectivity index (χ3v) is 4.76. The van der Waals surface area contributed by atoms with E-state index in [2.05, 4.69) is 15.9 Å². The van der Waals surface area contributed by atoms with Crippen molar-refractivity contribution in [3.63, 3.8) is 0 Å². The van der Waals surface area contributed by atoms with Crippen LogP contribution in [0.5, 0.6) is 0 Å². The van der Waals surface area contributed by atoms with Crippen LogP contribution in [0, 0.1) is 0 Å². The molecule has 2 nitrogen and oxygen atoms in total. The minimum Gasteiger partial charge on any atom is -0.349 e. The Morgan fingerprint density at radius 3 is 2.18 bits per heavy atom. The third kappa shape index (κ3) is 4.25. The molecular formula is C17H16BrCl2NO. The van der Waals surface area contributed by atoms with Crippen LogP contribution < -0.4 is 0 Å². The molecule has 0 aliphatic heterocycles.